The molecule has 19 heavy (non-hydrogen) atoms. The first-order chi connectivity index (χ1) is 8.97. The summed E-state index contributed by atoms with van der Waals surface area (Å²) in [6.07, 6.45) is 5.72. The van der Waals surface area contributed by atoms with Crippen LogP contribution in [0, 0.1) is 6.92 Å². The first-order valence-electron chi connectivity index (χ1n) is 7.04. The van der Waals surface area contributed by atoms with Gasteiger partial charge in [-0.3, -0.25) is 0 Å². The van der Waals surface area contributed by atoms with E-state index < -0.39 is 5.97 Å². The van der Waals surface area contributed by atoms with Crippen LogP contribution < -0.4 is 0 Å². The van der Waals surface area contributed by atoms with E-state index in [1.165, 1.54) is 25.3 Å². The van der Waals surface area contributed by atoms with Crippen molar-refractivity contribution in [3.8, 4) is 5.75 Å². The molecule has 1 aromatic rings. The molecule has 0 amide bonds. The summed E-state index contributed by atoms with van der Waals surface area (Å²) < 4.78 is 0. The summed E-state index contributed by atoms with van der Waals surface area (Å²) in [7, 11) is 0. The smallest absolute Gasteiger partial charge is 0.339 e. The molecule has 1 aromatic carbocycles. The number of hydrogen-bond acceptors (Lipinski definition) is 2. The number of carboxylic acids is 1. The number of aromatic carboxylic acids is 1. The highest BCUT2D eigenvalue weighted by Gasteiger charge is 2.18. The molecule has 0 saturated carbocycles. The average molecular weight is 264 g/mol. The maximum absolute atomic E-state index is 11.1. The number of hydrogen-bond donors (Lipinski definition) is 2. The number of carboxylic acid groups (broad SMARTS) is 1. The second kappa shape index (κ2) is 7.17. The highest BCUT2D eigenvalue weighted by atomic mass is 16.4. The predicted molar refractivity (Wildman–Crippen MR) is 77.0 cm³/mol. The van der Waals surface area contributed by atoms with Crippen LogP contribution in [0.4, 0.5) is 0 Å². The Balaban J connectivity index is 2.84. The Morgan fingerprint density at radius 1 is 1.26 bits per heavy atom. The van der Waals surface area contributed by atoms with Gasteiger partial charge in [0.25, 0.3) is 0 Å². The molecule has 0 bridgehead atoms. The Bertz CT molecular complexity index is 438. The summed E-state index contributed by atoms with van der Waals surface area (Å²) >= 11 is 0. The molecule has 0 aromatic heterocycles. The third-order valence-corrected chi connectivity index (χ3v) is 3.54. The summed E-state index contributed by atoms with van der Waals surface area (Å²) in [5, 5.41) is 19.2. The lowest BCUT2D eigenvalue weighted by Gasteiger charge is -2.16. The number of unbranched alkanes of at least 4 members (excludes halogenated alkanes) is 3. The lowest BCUT2D eigenvalue weighted by Crippen LogP contribution is -2.03. The quantitative estimate of drug-likeness (QED) is 0.714. The molecule has 0 radical (unpaired) electrons. The number of phenols is 1. The summed E-state index contributed by atoms with van der Waals surface area (Å²) in [5.41, 5.74) is 1.65. The fourth-order valence-electron chi connectivity index (χ4n) is 2.38. The molecule has 0 fully saturated rings. The van der Waals surface area contributed by atoms with Crippen molar-refractivity contribution >= 4 is 5.97 Å². The number of aryl methyl sites for hydroxylation is 1. The van der Waals surface area contributed by atoms with Gasteiger partial charge in [-0.2, -0.15) is 0 Å². The number of aromatic hydroxyl groups is 1. The van der Waals surface area contributed by atoms with Gasteiger partial charge in [0.05, 0.1) is 0 Å². The van der Waals surface area contributed by atoms with E-state index in [-0.39, 0.29) is 17.2 Å². The molecule has 3 nitrogen and oxygen atoms in total. The number of benzene rings is 1. The first kappa shape index (κ1) is 15.5. The van der Waals surface area contributed by atoms with Gasteiger partial charge < -0.3 is 10.2 Å². The van der Waals surface area contributed by atoms with E-state index in [2.05, 4.69) is 6.92 Å². The van der Waals surface area contributed by atoms with Crippen molar-refractivity contribution < 1.29 is 15.0 Å². The van der Waals surface area contributed by atoms with Crippen molar-refractivity contribution in [2.24, 2.45) is 0 Å². The van der Waals surface area contributed by atoms with E-state index in [9.17, 15) is 9.90 Å². The summed E-state index contributed by atoms with van der Waals surface area (Å²) in [4.78, 5) is 11.1. The second-order valence-corrected chi connectivity index (χ2v) is 5.31. The molecule has 2 N–H and O–H groups in total. The van der Waals surface area contributed by atoms with Crippen molar-refractivity contribution in [2.75, 3.05) is 0 Å². The fraction of sp³-hybridized carbons (Fsp3) is 0.562. The molecule has 3 heteroatoms. The van der Waals surface area contributed by atoms with E-state index in [0.29, 0.717) is 0 Å². The minimum atomic E-state index is -1.07. The maximum atomic E-state index is 11.1. The van der Waals surface area contributed by atoms with E-state index in [1.54, 1.807) is 0 Å². The molecular formula is C16H24O3. The van der Waals surface area contributed by atoms with E-state index in [4.69, 9.17) is 5.11 Å². The maximum Gasteiger partial charge on any atom is 0.339 e. The van der Waals surface area contributed by atoms with Crippen LogP contribution >= 0.6 is 0 Å². The van der Waals surface area contributed by atoms with Crippen LogP contribution in [0.3, 0.4) is 0 Å². The Kier molecular flexibility index (Phi) is 5.87. The SMILES string of the molecule is CCCCCCC(C)c1cc(C)cc(C(=O)O)c1O. The first-order valence-corrected chi connectivity index (χ1v) is 7.04. The van der Waals surface area contributed by atoms with Crippen molar-refractivity contribution in [3.05, 3.63) is 28.8 Å². The molecule has 0 heterocycles. The lowest BCUT2D eigenvalue weighted by atomic mass is 9.91. The molecular weight excluding hydrogens is 240 g/mol. The van der Waals surface area contributed by atoms with Crippen LogP contribution in [0.15, 0.2) is 12.1 Å². The molecule has 0 saturated heterocycles. The van der Waals surface area contributed by atoms with Gasteiger partial charge in [0, 0.05) is 0 Å². The number of carbonyl (C=O) groups is 1. The normalized spacial score (nSPS) is 12.4. The van der Waals surface area contributed by atoms with E-state index in [1.807, 2.05) is 19.9 Å². The van der Waals surface area contributed by atoms with Gasteiger partial charge in [-0.25, -0.2) is 4.79 Å². The van der Waals surface area contributed by atoms with E-state index >= 15 is 0 Å². The molecule has 1 rings (SSSR count). The third-order valence-electron chi connectivity index (χ3n) is 3.54. The minimum Gasteiger partial charge on any atom is -0.507 e. The molecule has 0 spiro atoms. The zero-order valence-corrected chi connectivity index (χ0v) is 12.1. The Morgan fingerprint density at radius 3 is 2.53 bits per heavy atom. The Hall–Kier alpha value is -1.51. The lowest BCUT2D eigenvalue weighted by molar-refractivity contribution is 0.0693. The van der Waals surface area contributed by atoms with Gasteiger partial charge in [0.1, 0.15) is 11.3 Å². The zero-order valence-electron chi connectivity index (χ0n) is 12.1. The van der Waals surface area contributed by atoms with E-state index in [0.717, 1.165) is 24.0 Å². The standard InChI is InChI=1S/C16H24O3/c1-4-5-6-7-8-12(3)13-9-11(2)10-14(15(13)17)16(18)19/h9-10,12,17H,4-8H2,1-3H3,(H,18,19). The monoisotopic (exact) mass is 264 g/mol. The topological polar surface area (TPSA) is 57.5 Å². The highest BCUT2D eigenvalue weighted by molar-refractivity contribution is 5.91. The largest absolute Gasteiger partial charge is 0.507 e. The van der Waals surface area contributed by atoms with Gasteiger partial charge in [-0.1, -0.05) is 45.6 Å². The molecule has 1 unspecified atom stereocenters. The summed E-state index contributed by atoms with van der Waals surface area (Å²) in [5.74, 6) is -0.948. The van der Waals surface area contributed by atoms with Gasteiger partial charge in [-0.05, 0) is 36.5 Å². The van der Waals surface area contributed by atoms with Crippen LogP contribution in [-0.2, 0) is 0 Å². The predicted octanol–water partition coefficient (Wildman–Crippen LogP) is 4.47. The van der Waals surface area contributed by atoms with Crippen LogP contribution in [0.2, 0.25) is 0 Å². The van der Waals surface area contributed by atoms with Crippen LogP contribution in [0.1, 0.15) is 73.4 Å². The summed E-state index contributed by atoms with van der Waals surface area (Å²) in [6, 6.07) is 3.41. The molecule has 1 atom stereocenters. The Labute approximate surface area is 115 Å². The van der Waals surface area contributed by atoms with Gasteiger partial charge in [0.2, 0.25) is 0 Å². The highest BCUT2D eigenvalue weighted by Crippen LogP contribution is 2.33. The van der Waals surface area contributed by atoms with Gasteiger partial charge >= 0.3 is 5.97 Å². The van der Waals surface area contributed by atoms with Crippen molar-refractivity contribution in [1.82, 2.24) is 0 Å². The van der Waals surface area contributed by atoms with Crippen LogP contribution in [0.25, 0.3) is 0 Å². The third kappa shape index (κ3) is 4.27. The molecule has 0 aliphatic carbocycles. The van der Waals surface area contributed by atoms with Crippen LogP contribution in [-0.4, -0.2) is 16.2 Å². The van der Waals surface area contributed by atoms with Gasteiger partial charge in [-0.15, -0.1) is 0 Å². The van der Waals surface area contributed by atoms with Crippen molar-refractivity contribution in [2.45, 2.75) is 58.8 Å². The van der Waals surface area contributed by atoms with Gasteiger partial charge in [0.15, 0.2) is 0 Å². The molecule has 106 valence electrons. The van der Waals surface area contributed by atoms with Crippen molar-refractivity contribution in [3.63, 3.8) is 0 Å². The zero-order chi connectivity index (χ0) is 14.4. The van der Waals surface area contributed by atoms with Crippen molar-refractivity contribution in [1.29, 1.82) is 0 Å². The fourth-order valence-corrected chi connectivity index (χ4v) is 2.38. The summed E-state index contributed by atoms with van der Waals surface area (Å²) in [6.45, 7) is 6.08. The van der Waals surface area contributed by atoms with Crippen LogP contribution in [0.5, 0.6) is 5.75 Å². The molecule has 0 aliphatic heterocycles. The number of rotatable bonds is 7. The second-order valence-electron chi connectivity index (χ2n) is 5.31. The minimum absolute atomic E-state index is 0.00964. The molecule has 0 aliphatic rings. The average Bonchev–Trinajstić information content (AvgIpc) is 2.36. The Morgan fingerprint density at radius 2 is 1.95 bits per heavy atom.